The van der Waals surface area contributed by atoms with Crippen LogP contribution in [0.3, 0.4) is 0 Å². The Kier molecular flexibility index (Phi) is 10.2. The molecule has 0 saturated heterocycles. The molecule has 5 N–H and O–H groups in total. The summed E-state index contributed by atoms with van der Waals surface area (Å²) in [5.41, 5.74) is 6.32. The number of nitrogens with one attached hydrogen (secondary N) is 1. The summed E-state index contributed by atoms with van der Waals surface area (Å²) in [5.74, 6) is -3.46. The highest BCUT2D eigenvalue weighted by Gasteiger charge is 2.29. The standard InChI is InChI=1S/C16H22N2O6.ClH/c1-10(17)7-12(14(19)20)8-13(15(21)22)18-16(23)24-9-11-5-3-2-4-6-11;/h2-6,10,12-13H,7-9,17H2,1H3,(H,18,23)(H,19,20)(H,21,22);1H/t10-,12+,13+;/m1./s1. The Morgan fingerprint density at radius 3 is 2.20 bits per heavy atom. The number of benzene rings is 1. The van der Waals surface area contributed by atoms with Gasteiger partial charge in [-0.25, -0.2) is 9.59 Å². The average molecular weight is 375 g/mol. The van der Waals surface area contributed by atoms with Gasteiger partial charge in [0.15, 0.2) is 0 Å². The molecule has 25 heavy (non-hydrogen) atoms. The Hall–Kier alpha value is -2.32. The first kappa shape index (κ1) is 22.7. The molecule has 3 atom stereocenters. The van der Waals surface area contributed by atoms with Gasteiger partial charge in [0.25, 0.3) is 0 Å². The van der Waals surface area contributed by atoms with Crippen molar-refractivity contribution >= 4 is 30.4 Å². The second kappa shape index (κ2) is 11.3. The first-order chi connectivity index (χ1) is 11.3. The molecule has 140 valence electrons. The van der Waals surface area contributed by atoms with Crippen molar-refractivity contribution in [3.63, 3.8) is 0 Å². The fourth-order valence-corrected chi connectivity index (χ4v) is 2.16. The van der Waals surface area contributed by atoms with Crippen LogP contribution in [-0.4, -0.2) is 40.3 Å². The molecule has 0 radical (unpaired) electrons. The predicted molar refractivity (Wildman–Crippen MR) is 92.4 cm³/mol. The fourth-order valence-electron chi connectivity index (χ4n) is 2.16. The molecule has 1 amide bonds. The molecular weight excluding hydrogens is 352 g/mol. The van der Waals surface area contributed by atoms with Crippen LogP contribution in [0.1, 0.15) is 25.3 Å². The molecule has 9 heteroatoms. The molecule has 1 aromatic carbocycles. The second-order valence-electron chi connectivity index (χ2n) is 5.58. The topological polar surface area (TPSA) is 139 Å². The predicted octanol–water partition coefficient (Wildman–Crippen LogP) is 1.62. The lowest BCUT2D eigenvalue weighted by atomic mass is 9.93. The summed E-state index contributed by atoms with van der Waals surface area (Å²) >= 11 is 0. The summed E-state index contributed by atoms with van der Waals surface area (Å²) in [6.45, 7) is 1.62. The minimum absolute atomic E-state index is 0. The monoisotopic (exact) mass is 374 g/mol. The smallest absolute Gasteiger partial charge is 0.408 e. The number of carboxylic acids is 2. The number of hydrogen-bond acceptors (Lipinski definition) is 5. The number of carbonyl (C=O) groups is 3. The van der Waals surface area contributed by atoms with Crippen LogP contribution < -0.4 is 11.1 Å². The van der Waals surface area contributed by atoms with Gasteiger partial charge in [-0.3, -0.25) is 4.79 Å². The van der Waals surface area contributed by atoms with Gasteiger partial charge in [0.2, 0.25) is 0 Å². The summed E-state index contributed by atoms with van der Waals surface area (Å²) in [7, 11) is 0. The number of halogens is 1. The highest BCUT2D eigenvalue weighted by atomic mass is 35.5. The molecule has 0 fully saturated rings. The van der Waals surface area contributed by atoms with E-state index in [0.717, 1.165) is 5.56 Å². The van der Waals surface area contributed by atoms with E-state index in [1.807, 2.05) is 6.07 Å². The number of rotatable bonds is 9. The summed E-state index contributed by atoms with van der Waals surface area (Å²) in [6.07, 6.45) is -1.08. The van der Waals surface area contributed by atoms with Gasteiger partial charge in [-0.2, -0.15) is 0 Å². The highest BCUT2D eigenvalue weighted by molar-refractivity contribution is 5.85. The molecule has 0 aliphatic heterocycles. The third-order valence-electron chi connectivity index (χ3n) is 3.33. The van der Waals surface area contributed by atoms with E-state index in [4.69, 9.17) is 15.6 Å². The number of carboxylic acid groups (broad SMARTS) is 2. The molecule has 0 unspecified atom stereocenters. The van der Waals surface area contributed by atoms with Crippen LogP contribution in [0.5, 0.6) is 0 Å². The number of alkyl carbamates (subject to hydrolysis) is 1. The number of ether oxygens (including phenoxy) is 1. The molecule has 0 aromatic heterocycles. The van der Waals surface area contributed by atoms with Gasteiger partial charge in [0.1, 0.15) is 12.6 Å². The summed E-state index contributed by atoms with van der Waals surface area (Å²) < 4.78 is 4.95. The number of hydrogen-bond donors (Lipinski definition) is 4. The molecule has 0 spiro atoms. The molecule has 1 aromatic rings. The summed E-state index contributed by atoms with van der Waals surface area (Å²) in [5, 5.41) is 20.5. The van der Waals surface area contributed by atoms with Crippen molar-refractivity contribution in [1.29, 1.82) is 0 Å². The molecule has 1 rings (SSSR count). The minimum atomic E-state index is -1.37. The SMILES string of the molecule is C[C@@H](N)C[C@@H](C[C@H](NC(=O)OCc1ccccc1)C(=O)O)C(=O)O.Cl. The molecule has 0 aliphatic carbocycles. The van der Waals surface area contributed by atoms with Crippen molar-refractivity contribution in [1.82, 2.24) is 5.32 Å². The van der Waals surface area contributed by atoms with E-state index >= 15 is 0 Å². The number of amides is 1. The molecule has 0 bridgehead atoms. The van der Waals surface area contributed by atoms with Crippen molar-refractivity contribution in [2.75, 3.05) is 0 Å². The fraction of sp³-hybridized carbons (Fsp3) is 0.438. The third-order valence-corrected chi connectivity index (χ3v) is 3.33. The van der Waals surface area contributed by atoms with Crippen molar-refractivity contribution in [3.8, 4) is 0 Å². The normalized spacial score (nSPS) is 13.7. The van der Waals surface area contributed by atoms with Crippen LogP contribution in [0.2, 0.25) is 0 Å². The van der Waals surface area contributed by atoms with Crippen LogP contribution in [-0.2, 0) is 20.9 Å². The van der Waals surface area contributed by atoms with E-state index in [1.54, 1.807) is 31.2 Å². The van der Waals surface area contributed by atoms with Crippen LogP contribution in [0, 0.1) is 5.92 Å². The van der Waals surface area contributed by atoms with Gasteiger partial charge < -0.3 is 26.0 Å². The minimum Gasteiger partial charge on any atom is -0.481 e. The van der Waals surface area contributed by atoms with Gasteiger partial charge >= 0.3 is 18.0 Å². The Labute approximate surface area is 151 Å². The number of carbonyl (C=O) groups excluding carboxylic acids is 1. The number of aliphatic carboxylic acids is 2. The van der Waals surface area contributed by atoms with Crippen molar-refractivity contribution in [2.45, 2.75) is 38.5 Å². The Balaban J connectivity index is 0.00000576. The molecule has 0 aliphatic rings. The van der Waals surface area contributed by atoms with E-state index < -0.39 is 36.0 Å². The van der Waals surface area contributed by atoms with Crippen LogP contribution in [0.15, 0.2) is 30.3 Å². The molecule has 0 heterocycles. The highest BCUT2D eigenvalue weighted by Crippen LogP contribution is 2.14. The largest absolute Gasteiger partial charge is 0.481 e. The summed E-state index contributed by atoms with van der Waals surface area (Å²) in [4.78, 5) is 34.2. The van der Waals surface area contributed by atoms with Crippen molar-refractivity contribution < 1.29 is 29.3 Å². The molecule has 8 nitrogen and oxygen atoms in total. The lowest BCUT2D eigenvalue weighted by Gasteiger charge is -2.20. The Morgan fingerprint density at radius 2 is 1.72 bits per heavy atom. The zero-order valence-corrected chi connectivity index (χ0v) is 14.6. The van der Waals surface area contributed by atoms with E-state index in [1.165, 1.54) is 0 Å². The maximum atomic E-state index is 11.7. The van der Waals surface area contributed by atoms with E-state index in [-0.39, 0.29) is 31.9 Å². The number of nitrogens with two attached hydrogens (primary N) is 1. The zero-order valence-electron chi connectivity index (χ0n) is 13.8. The lowest BCUT2D eigenvalue weighted by Crippen LogP contribution is -2.43. The Morgan fingerprint density at radius 1 is 1.12 bits per heavy atom. The van der Waals surface area contributed by atoms with Gasteiger partial charge in [0.05, 0.1) is 5.92 Å². The van der Waals surface area contributed by atoms with Crippen LogP contribution in [0.4, 0.5) is 4.79 Å². The zero-order chi connectivity index (χ0) is 18.1. The maximum Gasteiger partial charge on any atom is 0.408 e. The molecular formula is C16H23ClN2O6. The first-order valence-corrected chi connectivity index (χ1v) is 7.48. The van der Waals surface area contributed by atoms with Crippen LogP contribution in [0.25, 0.3) is 0 Å². The second-order valence-corrected chi connectivity index (χ2v) is 5.58. The summed E-state index contributed by atoms with van der Waals surface area (Å²) in [6, 6.07) is 7.12. The van der Waals surface area contributed by atoms with Crippen LogP contribution >= 0.6 is 12.4 Å². The van der Waals surface area contributed by atoms with E-state index in [2.05, 4.69) is 5.32 Å². The van der Waals surface area contributed by atoms with Gasteiger partial charge in [-0.1, -0.05) is 30.3 Å². The average Bonchev–Trinajstić information content (AvgIpc) is 2.51. The van der Waals surface area contributed by atoms with Crippen molar-refractivity contribution in [2.24, 2.45) is 11.7 Å². The first-order valence-electron chi connectivity index (χ1n) is 7.48. The van der Waals surface area contributed by atoms with E-state index in [9.17, 15) is 19.5 Å². The van der Waals surface area contributed by atoms with Gasteiger partial charge in [-0.05, 0) is 25.3 Å². The third kappa shape index (κ3) is 8.92. The van der Waals surface area contributed by atoms with Gasteiger partial charge in [-0.15, -0.1) is 12.4 Å². The quantitative estimate of drug-likeness (QED) is 0.515. The molecule has 0 saturated carbocycles. The van der Waals surface area contributed by atoms with Gasteiger partial charge in [0, 0.05) is 6.04 Å². The van der Waals surface area contributed by atoms with Crippen molar-refractivity contribution in [3.05, 3.63) is 35.9 Å². The maximum absolute atomic E-state index is 11.7. The Bertz CT molecular complexity index is 567. The lowest BCUT2D eigenvalue weighted by molar-refractivity contribution is -0.144. The van der Waals surface area contributed by atoms with E-state index in [0.29, 0.717) is 0 Å².